The summed E-state index contributed by atoms with van der Waals surface area (Å²) in [5.41, 5.74) is 2.33. The van der Waals surface area contributed by atoms with Gasteiger partial charge in [-0.25, -0.2) is 9.67 Å². The molecule has 0 bridgehead atoms. The second-order valence-electron chi connectivity index (χ2n) is 5.74. The molecule has 1 aromatic carbocycles. The highest BCUT2D eigenvalue weighted by atomic mass is 32.1. The minimum absolute atomic E-state index is 0.256. The highest BCUT2D eigenvalue weighted by Crippen LogP contribution is 2.23. The number of nitrogens with zero attached hydrogens (tertiary/aromatic N) is 5. The lowest BCUT2D eigenvalue weighted by Crippen LogP contribution is -2.27. The second kappa shape index (κ2) is 7.88. The molecule has 1 N–H and O–H groups in total. The molecule has 8 heteroatoms. The lowest BCUT2D eigenvalue weighted by atomic mass is 10.2. The van der Waals surface area contributed by atoms with Crippen LogP contribution in [0.5, 0.6) is 0 Å². The Labute approximate surface area is 159 Å². The van der Waals surface area contributed by atoms with E-state index in [1.54, 1.807) is 46.6 Å². The van der Waals surface area contributed by atoms with Gasteiger partial charge in [-0.1, -0.05) is 30.3 Å². The van der Waals surface area contributed by atoms with E-state index in [0.29, 0.717) is 18.8 Å². The fourth-order valence-electron chi connectivity index (χ4n) is 2.50. The molecule has 0 saturated carbocycles. The van der Waals surface area contributed by atoms with Crippen LogP contribution in [0.15, 0.2) is 66.3 Å². The van der Waals surface area contributed by atoms with E-state index < -0.39 is 0 Å². The summed E-state index contributed by atoms with van der Waals surface area (Å²) in [5, 5.41) is 17.9. The number of thiazole rings is 1. The molecule has 0 atom stereocenters. The summed E-state index contributed by atoms with van der Waals surface area (Å²) >= 11 is 1.60. The molecule has 0 aliphatic rings. The summed E-state index contributed by atoms with van der Waals surface area (Å²) in [6.45, 7) is 0.485. The van der Waals surface area contributed by atoms with Crippen molar-refractivity contribution in [3.8, 4) is 16.4 Å². The van der Waals surface area contributed by atoms with Gasteiger partial charge in [-0.3, -0.25) is 4.79 Å². The number of carbonyl (C=O) groups is 1. The third kappa shape index (κ3) is 4.06. The van der Waals surface area contributed by atoms with Crippen molar-refractivity contribution >= 4 is 17.2 Å². The molecule has 0 aliphatic heterocycles. The molecule has 27 heavy (non-hydrogen) atoms. The van der Waals surface area contributed by atoms with Crippen LogP contribution in [0, 0.1) is 0 Å². The fraction of sp³-hybridized carbons (Fsp3) is 0.105. The number of carbonyl (C=O) groups excluding carboxylic acids is 1. The second-order valence-corrected chi connectivity index (χ2v) is 6.60. The van der Waals surface area contributed by atoms with Gasteiger partial charge in [0, 0.05) is 36.3 Å². The maximum absolute atomic E-state index is 12.2. The first kappa shape index (κ1) is 17.0. The average Bonchev–Trinajstić information content (AvgIpc) is 3.41. The molecule has 0 aliphatic carbocycles. The summed E-state index contributed by atoms with van der Waals surface area (Å²) in [4.78, 5) is 16.8. The predicted molar refractivity (Wildman–Crippen MR) is 103 cm³/mol. The van der Waals surface area contributed by atoms with Crippen LogP contribution in [0.25, 0.3) is 16.4 Å². The number of hydrogen-bond acceptors (Lipinski definition) is 6. The minimum atomic E-state index is -0.256. The number of rotatable bonds is 6. The van der Waals surface area contributed by atoms with Gasteiger partial charge in [-0.15, -0.1) is 21.5 Å². The highest BCUT2D eigenvalue weighted by Gasteiger charge is 2.09. The van der Waals surface area contributed by atoms with Crippen LogP contribution >= 0.6 is 11.3 Å². The van der Waals surface area contributed by atoms with Crippen LogP contribution in [-0.4, -0.2) is 37.4 Å². The minimum Gasteiger partial charge on any atom is -0.350 e. The van der Waals surface area contributed by atoms with Gasteiger partial charge in [0.2, 0.25) is 0 Å². The fourth-order valence-corrected chi connectivity index (χ4v) is 3.36. The van der Waals surface area contributed by atoms with E-state index in [1.165, 1.54) is 0 Å². The van der Waals surface area contributed by atoms with Crippen LogP contribution in [0.2, 0.25) is 0 Å². The van der Waals surface area contributed by atoms with Gasteiger partial charge in [0.15, 0.2) is 11.5 Å². The van der Waals surface area contributed by atoms with Crippen LogP contribution in [0.3, 0.4) is 0 Å². The summed E-state index contributed by atoms with van der Waals surface area (Å²) < 4.78 is 1.58. The first-order valence-electron chi connectivity index (χ1n) is 8.41. The molecular formula is C19H16N6OS. The quantitative estimate of drug-likeness (QED) is 0.559. The van der Waals surface area contributed by atoms with E-state index in [9.17, 15) is 4.79 Å². The van der Waals surface area contributed by atoms with Crippen LogP contribution in [0.4, 0.5) is 0 Å². The van der Waals surface area contributed by atoms with E-state index in [1.807, 2.05) is 35.7 Å². The number of hydrogen-bond donors (Lipinski definition) is 1. The monoisotopic (exact) mass is 376 g/mol. The Morgan fingerprint density at radius 2 is 1.96 bits per heavy atom. The summed E-state index contributed by atoms with van der Waals surface area (Å²) in [5.74, 6) is 0.306. The third-order valence-electron chi connectivity index (χ3n) is 3.86. The first-order chi connectivity index (χ1) is 13.3. The van der Waals surface area contributed by atoms with Crippen molar-refractivity contribution in [2.45, 2.75) is 6.42 Å². The van der Waals surface area contributed by atoms with Crippen LogP contribution in [-0.2, 0) is 6.42 Å². The molecule has 0 unspecified atom stereocenters. The number of amides is 1. The van der Waals surface area contributed by atoms with Gasteiger partial charge in [0.25, 0.3) is 5.91 Å². The smallest absolute Gasteiger partial charge is 0.271 e. The molecule has 3 heterocycles. The third-order valence-corrected chi connectivity index (χ3v) is 4.80. The zero-order valence-electron chi connectivity index (χ0n) is 14.3. The van der Waals surface area contributed by atoms with Crippen LogP contribution < -0.4 is 5.32 Å². The summed E-state index contributed by atoms with van der Waals surface area (Å²) in [7, 11) is 0. The zero-order valence-corrected chi connectivity index (χ0v) is 15.1. The van der Waals surface area contributed by atoms with Gasteiger partial charge in [0.05, 0.1) is 5.69 Å². The molecule has 4 aromatic rings. The molecule has 4 rings (SSSR count). The van der Waals surface area contributed by atoms with Crippen molar-refractivity contribution in [2.24, 2.45) is 0 Å². The van der Waals surface area contributed by atoms with Crippen molar-refractivity contribution in [1.82, 2.24) is 30.3 Å². The molecule has 0 fully saturated rings. The Morgan fingerprint density at radius 1 is 1.07 bits per heavy atom. The number of benzene rings is 1. The Balaban J connectivity index is 1.31. The zero-order chi connectivity index (χ0) is 18.5. The summed E-state index contributed by atoms with van der Waals surface area (Å²) in [6, 6.07) is 15.2. The van der Waals surface area contributed by atoms with Gasteiger partial charge in [-0.2, -0.15) is 5.10 Å². The topological polar surface area (TPSA) is 85.6 Å². The van der Waals surface area contributed by atoms with E-state index in [0.717, 1.165) is 16.3 Å². The number of nitrogens with one attached hydrogen (secondary N) is 1. The van der Waals surface area contributed by atoms with E-state index in [-0.39, 0.29) is 11.6 Å². The van der Waals surface area contributed by atoms with Crippen molar-refractivity contribution in [3.05, 3.63) is 77.7 Å². The maximum atomic E-state index is 12.2. The normalized spacial score (nSPS) is 10.7. The van der Waals surface area contributed by atoms with E-state index in [4.69, 9.17) is 0 Å². The standard InChI is InChI=1S/C19H16N6OS/c26-18(16-7-8-17(24-23-16)25-12-4-10-21-25)20-11-9-15-13-27-19(22-15)14-5-2-1-3-6-14/h1-8,10,12-13H,9,11H2,(H,20,26). The highest BCUT2D eigenvalue weighted by molar-refractivity contribution is 7.13. The lowest BCUT2D eigenvalue weighted by molar-refractivity contribution is 0.0948. The largest absolute Gasteiger partial charge is 0.350 e. The lowest BCUT2D eigenvalue weighted by Gasteiger charge is -2.04. The predicted octanol–water partition coefficient (Wildman–Crippen LogP) is 2.76. The molecular weight excluding hydrogens is 360 g/mol. The first-order valence-corrected chi connectivity index (χ1v) is 9.29. The molecule has 3 aromatic heterocycles. The van der Waals surface area contributed by atoms with Crippen molar-refractivity contribution in [2.75, 3.05) is 6.54 Å². The number of aromatic nitrogens is 5. The summed E-state index contributed by atoms with van der Waals surface area (Å²) in [6.07, 6.45) is 4.08. The van der Waals surface area contributed by atoms with Crippen LogP contribution in [0.1, 0.15) is 16.2 Å². The molecule has 7 nitrogen and oxygen atoms in total. The Morgan fingerprint density at radius 3 is 2.70 bits per heavy atom. The average molecular weight is 376 g/mol. The van der Waals surface area contributed by atoms with E-state index in [2.05, 4.69) is 25.6 Å². The molecule has 0 saturated heterocycles. The Kier molecular flexibility index (Phi) is 4.97. The Hall–Kier alpha value is -3.39. The van der Waals surface area contributed by atoms with Crippen molar-refractivity contribution < 1.29 is 4.79 Å². The molecule has 134 valence electrons. The van der Waals surface area contributed by atoms with Gasteiger partial charge in [0.1, 0.15) is 5.01 Å². The van der Waals surface area contributed by atoms with Crippen molar-refractivity contribution in [3.63, 3.8) is 0 Å². The molecule has 1 amide bonds. The Bertz CT molecular complexity index is 1010. The molecule has 0 spiro atoms. The van der Waals surface area contributed by atoms with Gasteiger partial charge < -0.3 is 5.32 Å². The van der Waals surface area contributed by atoms with E-state index >= 15 is 0 Å². The van der Waals surface area contributed by atoms with Crippen molar-refractivity contribution in [1.29, 1.82) is 0 Å². The van der Waals surface area contributed by atoms with Gasteiger partial charge >= 0.3 is 0 Å². The van der Waals surface area contributed by atoms with Gasteiger partial charge in [-0.05, 0) is 18.2 Å². The molecule has 0 radical (unpaired) electrons. The SMILES string of the molecule is O=C(NCCc1csc(-c2ccccc2)n1)c1ccc(-n2cccn2)nn1. The maximum Gasteiger partial charge on any atom is 0.271 e.